The Morgan fingerprint density at radius 2 is 1.88 bits per heavy atom. The van der Waals surface area contributed by atoms with Crippen LogP contribution in [-0.2, 0) is 6.42 Å². The molecular weight excluding hydrogens is 194 g/mol. The molecule has 90 valence electrons. The summed E-state index contributed by atoms with van der Waals surface area (Å²) in [5, 5.41) is 0. The van der Waals surface area contributed by atoms with Crippen molar-refractivity contribution in [1.82, 2.24) is 0 Å². The molecule has 0 bridgehead atoms. The van der Waals surface area contributed by atoms with Crippen molar-refractivity contribution in [1.29, 1.82) is 0 Å². The van der Waals surface area contributed by atoms with Crippen LogP contribution < -0.4 is 5.73 Å². The van der Waals surface area contributed by atoms with Crippen LogP contribution in [0, 0.1) is 6.92 Å². The molecule has 1 rings (SSSR count). The summed E-state index contributed by atoms with van der Waals surface area (Å²) in [6.07, 6.45) is 5.66. The van der Waals surface area contributed by atoms with E-state index < -0.39 is 0 Å². The van der Waals surface area contributed by atoms with Gasteiger partial charge < -0.3 is 5.73 Å². The number of benzene rings is 1. The first-order valence-electron chi connectivity index (χ1n) is 6.44. The van der Waals surface area contributed by atoms with Crippen LogP contribution in [0.25, 0.3) is 0 Å². The topological polar surface area (TPSA) is 26.0 Å². The second-order valence-electron chi connectivity index (χ2n) is 4.92. The minimum absolute atomic E-state index is 0.0118. The lowest BCUT2D eigenvalue weighted by molar-refractivity contribution is 0.364. The van der Waals surface area contributed by atoms with Crippen molar-refractivity contribution < 1.29 is 0 Å². The third kappa shape index (κ3) is 3.64. The Balaban J connectivity index is 2.72. The lowest BCUT2D eigenvalue weighted by Gasteiger charge is -2.29. The van der Waals surface area contributed by atoms with Crippen molar-refractivity contribution in [3.05, 3.63) is 35.4 Å². The fourth-order valence-corrected chi connectivity index (χ4v) is 2.11. The largest absolute Gasteiger partial charge is 0.325 e. The van der Waals surface area contributed by atoms with Gasteiger partial charge in [-0.1, -0.05) is 51.0 Å². The van der Waals surface area contributed by atoms with Crippen molar-refractivity contribution in [3.8, 4) is 0 Å². The molecule has 0 radical (unpaired) electrons. The van der Waals surface area contributed by atoms with E-state index >= 15 is 0 Å². The van der Waals surface area contributed by atoms with Crippen LogP contribution in [0.2, 0.25) is 0 Å². The Bertz CT molecular complexity index is 319. The van der Waals surface area contributed by atoms with Crippen molar-refractivity contribution >= 4 is 0 Å². The van der Waals surface area contributed by atoms with E-state index in [4.69, 9.17) is 5.73 Å². The summed E-state index contributed by atoms with van der Waals surface area (Å²) in [7, 11) is 0. The molecule has 1 nitrogen and oxygen atoms in total. The van der Waals surface area contributed by atoms with Gasteiger partial charge in [-0.3, -0.25) is 0 Å². The van der Waals surface area contributed by atoms with E-state index in [9.17, 15) is 0 Å². The number of hydrogen-bond donors (Lipinski definition) is 1. The molecule has 16 heavy (non-hydrogen) atoms. The van der Waals surface area contributed by atoms with Crippen molar-refractivity contribution in [2.45, 2.75) is 58.4 Å². The van der Waals surface area contributed by atoms with Crippen LogP contribution in [0.1, 0.15) is 50.7 Å². The third-order valence-corrected chi connectivity index (χ3v) is 3.54. The summed E-state index contributed by atoms with van der Waals surface area (Å²) in [6, 6.07) is 8.58. The number of rotatable bonds is 6. The molecule has 0 aliphatic heterocycles. The van der Waals surface area contributed by atoms with Crippen LogP contribution >= 0.6 is 0 Å². The first kappa shape index (κ1) is 13.2. The Labute approximate surface area is 100 Å². The van der Waals surface area contributed by atoms with Crippen LogP contribution in [0.4, 0.5) is 0 Å². The number of hydrogen-bond acceptors (Lipinski definition) is 1. The van der Waals surface area contributed by atoms with Gasteiger partial charge in [-0.15, -0.1) is 0 Å². The average molecular weight is 219 g/mol. The van der Waals surface area contributed by atoms with Crippen LogP contribution in [0.15, 0.2) is 24.3 Å². The van der Waals surface area contributed by atoms with E-state index in [1.54, 1.807) is 0 Å². The minimum Gasteiger partial charge on any atom is -0.325 e. The van der Waals surface area contributed by atoms with Crippen LogP contribution in [-0.4, -0.2) is 5.54 Å². The van der Waals surface area contributed by atoms with Crippen LogP contribution in [0.3, 0.4) is 0 Å². The molecule has 1 heteroatoms. The highest BCUT2D eigenvalue weighted by atomic mass is 14.7. The fraction of sp³-hybridized carbons (Fsp3) is 0.600. The molecule has 1 aromatic carbocycles. The third-order valence-electron chi connectivity index (χ3n) is 3.54. The predicted molar refractivity (Wildman–Crippen MR) is 71.6 cm³/mol. The highest BCUT2D eigenvalue weighted by Gasteiger charge is 2.22. The number of aryl methyl sites for hydroxylation is 1. The molecule has 0 saturated heterocycles. The number of unbranched alkanes of at least 4 members (excludes halogenated alkanes) is 1. The molecule has 1 unspecified atom stereocenters. The first-order chi connectivity index (χ1) is 7.61. The van der Waals surface area contributed by atoms with Gasteiger partial charge in [0.25, 0.3) is 0 Å². The van der Waals surface area contributed by atoms with Crippen molar-refractivity contribution in [2.24, 2.45) is 5.73 Å². The van der Waals surface area contributed by atoms with Gasteiger partial charge in [0.15, 0.2) is 0 Å². The second-order valence-corrected chi connectivity index (χ2v) is 4.92. The summed E-state index contributed by atoms with van der Waals surface area (Å²) in [6.45, 7) is 6.60. The summed E-state index contributed by atoms with van der Waals surface area (Å²) < 4.78 is 0. The lowest BCUT2D eigenvalue weighted by Crippen LogP contribution is -2.41. The van der Waals surface area contributed by atoms with Gasteiger partial charge in [-0.05, 0) is 37.3 Å². The summed E-state index contributed by atoms with van der Waals surface area (Å²) >= 11 is 0. The molecule has 0 aliphatic carbocycles. The molecule has 1 aromatic rings. The van der Waals surface area contributed by atoms with Gasteiger partial charge in [0.05, 0.1) is 0 Å². The van der Waals surface area contributed by atoms with E-state index in [1.807, 2.05) is 0 Å². The molecule has 1 atom stereocenters. The average Bonchev–Trinajstić information content (AvgIpc) is 2.30. The van der Waals surface area contributed by atoms with E-state index in [0.29, 0.717) is 0 Å². The lowest BCUT2D eigenvalue weighted by atomic mass is 9.83. The molecule has 0 amide bonds. The first-order valence-corrected chi connectivity index (χ1v) is 6.44. The predicted octanol–water partition coefficient (Wildman–Crippen LogP) is 3.84. The Kier molecular flexibility index (Phi) is 5.01. The van der Waals surface area contributed by atoms with Crippen molar-refractivity contribution in [2.75, 3.05) is 0 Å². The van der Waals surface area contributed by atoms with Gasteiger partial charge in [0.1, 0.15) is 0 Å². The van der Waals surface area contributed by atoms with Gasteiger partial charge in [-0.2, -0.15) is 0 Å². The highest BCUT2D eigenvalue weighted by Crippen LogP contribution is 2.22. The van der Waals surface area contributed by atoms with Crippen molar-refractivity contribution in [3.63, 3.8) is 0 Å². The monoisotopic (exact) mass is 219 g/mol. The van der Waals surface area contributed by atoms with E-state index in [2.05, 4.69) is 45.0 Å². The minimum atomic E-state index is -0.0118. The second kappa shape index (κ2) is 6.05. The molecule has 0 aromatic heterocycles. The van der Waals surface area contributed by atoms with E-state index in [-0.39, 0.29) is 5.54 Å². The van der Waals surface area contributed by atoms with E-state index in [0.717, 1.165) is 19.3 Å². The summed E-state index contributed by atoms with van der Waals surface area (Å²) in [5.74, 6) is 0. The molecular formula is C15H25N. The summed E-state index contributed by atoms with van der Waals surface area (Å²) in [5.41, 5.74) is 9.24. The SMILES string of the molecule is CCCCC(N)(CC)Cc1ccccc1C. The Hall–Kier alpha value is -0.820. The van der Waals surface area contributed by atoms with Gasteiger partial charge in [0, 0.05) is 5.54 Å². The normalized spacial score (nSPS) is 14.8. The maximum absolute atomic E-state index is 6.48. The van der Waals surface area contributed by atoms with Gasteiger partial charge >= 0.3 is 0 Å². The zero-order chi connectivity index (χ0) is 12.0. The molecule has 0 saturated carbocycles. The zero-order valence-corrected chi connectivity index (χ0v) is 10.9. The maximum atomic E-state index is 6.48. The van der Waals surface area contributed by atoms with Crippen LogP contribution in [0.5, 0.6) is 0 Å². The molecule has 0 fully saturated rings. The quantitative estimate of drug-likeness (QED) is 0.773. The maximum Gasteiger partial charge on any atom is 0.0192 e. The molecule has 0 aliphatic rings. The fourth-order valence-electron chi connectivity index (χ4n) is 2.11. The standard InChI is InChI=1S/C15H25N/c1-4-6-11-15(16,5-2)12-14-10-8-7-9-13(14)3/h7-10H,4-6,11-12,16H2,1-3H3. The summed E-state index contributed by atoms with van der Waals surface area (Å²) in [4.78, 5) is 0. The van der Waals surface area contributed by atoms with Gasteiger partial charge in [-0.25, -0.2) is 0 Å². The number of nitrogens with two attached hydrogens (primary N) is 1. The smallest absolute Gasteiger partial charge is 0.0192 e. The zero-order valence-electron chi connectivity index (χ0n) is 10.9. The molecule has 0 spiro atoms. The highest BCUT2D eigenvalue weighted by molar-refractivity contribution is 5.27. The molecule has 2 N–H and O–H groups in total. The Morgan fingerprint density at radius 1 is 1.19 bits per heavy atom. The van der Waals surface area contributed by atoms with E-state index in [1.165, 1.54) is 24.0 Å². The Morgan fingerprint density at radius 3 is 2.44 bits per heavy atom. The van der Waals surface area contributed by atoms with Gasteiger partial charge in [0.2, 0.25) is 0 Å². The molecule has 0 heterocycles.